The first-order chi connectivity index (χ1) is 7.62. The number of carboxylic acid groups (broad SMARTS) is 1. The van der Waals surface area contributed by atoms with E-state index in [9.17, 15) is 13.2 Å². The zero-order valence-electron chi connectivity index (χ0n) is 10.1. The molecule has 6 heteroatoms. The summed E-state index contributed by atoms with van der Waals surface area (Å²) in [5.74, 6) is -1.69. The molecule has 0 fully saturated rings. The van der Waals surface area contributed by atoms with E-state index in [0.29, 0.717) is 6.42 Å². The van der Waals surface area contributed by atoms with Crippen molar-refractivity contribution in [2.24, 2.45) is 5.41 Å². The van der Waals surface area contributed by atoms with Crippen LogP contribution in [0, 0.1) is 5.41 Å². The molecule has 0 aliphatic carbocycles. The maximum absolute atomic E-state index is 11.8. The molecule has 0 saturated heterocycles. The summed E-state index contributed by atoms with van der Waals surface area (Å²) in [6, 6.07) is 2.33. The van der Waals surface area contributed by atoms with Gasteiger partial charge in [0, 0.05) is 0 Å². The van der Waals surface area contributed by atoms with Gasteiger partial charge in [-0.3, -0.25) is 0 Å². The van der Waals surface area contributed by atoms with Crippen molar-refractivity contribution in [2.45, 2.75) is 32.3 Å². The van der Waals surface area contributed by atoms with E-state index in [0.717, 1.165) is 6.07 Å². The van der Waals surface area contributed by atoms with Crippen molar-refractivity contribution in [3.63, 3.8) is 0 Å². The van der Waals surface area contributed by atoms with Crippen molar-refractivity contribution >= 4 is 15.8 Å². The predicted molar refractivity (Wildman–Crippen MR) is 61.8 cm³/mol. The number of furan rings is 1. The molecule has 1 heterocycles. The quantitative estimate of drug-likeness (QED) is 0.896. The standard InChI is InChI=1S/C11H16O5S/c1-11(2,3)6-7-17(14,15)9-5-4-8(16-9)10(12)13/h4-5H,6-7H2,1-3H3,(H,12,13). The van der Waals surface area contributed by atoms with Crippen molar-refractivity contribution in [1.82, 2.24) is 0 Å². The van der Waals surface area contributed by atoms with Crippen LogP contribution in [-0.2, 0) is 9.84 Å². The van der Waals surface area contributed by atoms with Gasteiger partial charge in [-0.05, 0) is 24.0 Å². The molecule has 0 aromatic carbocycles. The largest absolute Gasteiger partial charge is 0.475 e. The van der Waals surface area contributed by atoms with Gasteiger partial charge in [-0.1, -0.05) is 20.8 Å². The van der Waals surface area contributed by atoms with Gasteiger partial charge in [-0.25, -0.2) is 13.2 Å². The molecular formula is C11H16O5S. The van der Waals surface area contributed by atoms with Gasteiger partial charge in [0.15, 0.2) is 0 Å². The van der Waals surface area contributed by atoms with Crippen molar-refractivity contribution in [3.05, 3.63) is 17.9 Å². The first kappa shape index (κ1) is 13.8. The number of hydrogen-bond donors (Lipinski definition) is 1. The maximum atomic E-state index is 11.8. The molecule has 0 saturated carbocycles. The fourth-order valence-corrected chi connectivity index (χ4v) is 2.72. The van der Waals surface area contributed by atoms with E-state index in [4.69, 9.17) is 9.52 Å². The Balaban J connectivity index is 2.86. The van der Waals surface area contributed by atoms with Gasteiger partial charge in [0.05, 0.1) is 5.75 Å². The molecule has 0 amide bonds. The summed E-state index contributed by atoms with van der Waals surface area (Å²) in [6.45, 7) is 5.81. The van der Waals surface area contributed by atoms with Crippen LogP contribution in [0.2, 0.25) is 0 Å². The Bertz CT molecular complexity index is 504. The normalized spacial score (nSPS) is 12.6. The van der Waals surface area contributed by atoms with E-state index in [1.807, 2.05) is 20.8 Å². The highest BCUT2D eigenvalue weighted by atomic mass is 32.2. The van der Waals surface area contributed by atoms with Gasteiger partial charge in [0.2, 0.25) is 20.7 Å². The summed E-state index contributed by atoms with van der Waals surface area (Å²) in [4.78, 5) is 10.6. The van der Waals surface area contributed by atoms with E-state index in [-0.39, 0.29) is 22.0 Å². The average molecular weight is 260 g/mol. The molecule has 0 aliphatic heterocycles. The summed E-state index contributed by atoms with van der Waals surface area (Å²) in [5, 5.41) is 8.36. The Labute approximate surface area is 100 Å². The highest BCUT2D eigenvalue weighted by molar-refractivity contribution is 7.91. The molecule has 0 radical (unpaired) electrons. The lowest BCUT2D eigenvalue weighted by molar-refractivity contribution is 0.0656. The average Bonchev–Trinajstić information content (AvgIpc) is 2.63. The van der Waals surface area contributed by atoms with Crippen LogP contribution in [0.25, 0.3) is 0 Å². The molecule has 0 atom stereocenters. The van der Waals surface area contributed by atoms with Crippen molar-refractivity contribution in [3.8, 4) is 0 Å². The third-order valence-corrected chi connectivity index (χ3v) is 3.79. The lowest BCUT2D eigenvalue weighted by Crippen LogP contribution is -2.14. The highest BCUT2D eigenvalue weighted by Crippen LogP contribution is 2.23. The number of rotatable bonds is 4. The molecule has 1 aromatic rings. The summed E-state index contributed by atoms with van der Waals surface area (Å²) in [6.07, 6.45) is 0.485. The Kier molecular flexibility index (Phi) is 3.66. The van der Waals surface area contributed by atoms with Crippen LogP contribution >= 0.6 is 0 Å². The molecule has 1 rings (SSSR count). The number of aromatic carboxylic acids is 1. The zero-order chi connectivity index (χ0) is 13.3. The number of carboxylic acids is 1. The predicted octanol–water partition coefficient (Wildman–Crippen LogP) is 2.19. The van der Waals surface area contributed by atoms with Gasteiger partial charge in [-0.2, -0.15) is 0 Å². The van der Waals surface area contributed by atoms with E-state index in [2.05, 4.69) is 0 Å². The van der Waals surface area contributed by atoms with Crippen LogP contribution in [0.5, 0.6) is 0 Å². The molecule has 5 nitrogen and oxygen atoms in total. The third-order valence-electron chi connectivity index (χ3n) is 2.22. The molecule has 0 bridgehead atoms. The van der Waals surface area contributed by atoms with Crippen molar-refractivity contribution in [1.29, 1.82) is 0 Å². The summed E-state index contributed by atoms with van der Waals surface area (Å²) in [7, 11) is -3.54. The van der Waals surface area contributed by atoms with Gasteiger partial charge in [-0.15, -0.1) is 0 Å². The minimum absolute atomic E-state index is 0.0525. The topological polar surface area (TPSA) is 84.6 Å². The van der Waals surface area contributed by atoms with Gasteiger partial charge >= 0.3 is 5.97 Å². The highest BCUT2D eigenvalue weighted by Gasteiger charge is 2.23. The second-order valence-electron chi connectivity index (χ2n) is 5.05. The first-order valence-corrected chi connectivity index (χ1v) is 6.83. The van der Waals surface area contributed by atoms with Crippen LogP contribution in [0.3, 0.4) is 0 Å². The van der Waals surface area contributed by atoms with E-state index in [1.165, 1.54) is 6.07 Å². The molecule has 96 valence electrons. The summed E-state index contributed by atoms with van der Waals surface area (Å²) >= 11 is 0. The lowest BCUT2D eigenvalue weighted by Gasteiger charge is -2.16. The second kappa shape index (κ2) is 4.52. The zero-order valence-corrected chi connectivity index (χ0v) is 10.9. The van der Waals surface area contributed by atoms with Crippen molar-refractivity contribution < 1.29 is 22.7 Å². The van der Waals surface area contributed by atoms with E-state index < -0.39 is 15.8 Å². The minimum atomic E-state index is -3.54. The molecular weight excluding hydrogens is 244 g/mol. The lowest BCUT2D eigenvalue weighted by atomic mass is 9.94. The Morgan fingerprint density at radius 2 is 1.94 bits per heavy atom. The smallest absolute Gasteiger partial charge is 0.371 e. The van der Waals surface area contributed by atoms with Crippen LogP contribution in [-0.4, -0.2) is 25.2 Å². The number of carbonyl (C=O) groups is 1. The molecule has 0 spiro atoms. The Morgan fingerprint density at radius 3 is 2.35 bits per heavy atom. The van der Waals surface area contributed by atoms with Crippen LogP contribution < -0.4 is 0 Å². The van der Waals surface area contributed by atoms with Crippen molar-refractivity contribution in [2.75, 3.05) is 5.75 Å². The Morgan fingerprint density at radius 1 is 1.35 bits per heavy atom. The number of sulfone groups is 1. The monoisotopic (exact) mass is 260 g/mol. The van der Waals surface area contributed by atoms with Gasteiger partial charge in [0.1, 0.15) is 0 Å². The van der Waals surface area contributed by atoms with E-state index in [1.54, 1.807) is 0 Å². The molecule has 1 aromatic heterocycles. The summed E-state index contributed by atoms with van der Waals surface area (Å²) in [5.41, 5.74) is -0.102. The molecule has 0 unspecified atom stereocenters. The fourth-order valence-electron chi connectivity index (χ4n) is 1.14. The fraction of sp³-hybridized carbons (Fsp3) is 0.545. The molecule has 17 heavy (non-hydrogen) atoms. The van der Waals surface area contributed by atoms with Gasteiger partial charge in [0.25, 0.3) is 0 Å². The molecule has 1 N–H and O–H groups in total. The summed E-state index contributed by atoms with van der Waals surface area (Å²) < 4.78 is 28.4. The number of hydrogen-bond acceptors (Lipinski definition) is 4. The SMILES string of the molecule is CC(C)(C)CCS(=O)(=O)c1ccc(C(=O)O)o1. The molecule has 0 aliphatic rings. The first-order valence-electron chi connectivity index (χ1n) is 5.18. The van der Waals surface area contributed by atoms with Crippen LogP contribution in [0.4, 0.5) is 0 Å². The van der Waals surface area contributed by atoms with Crippen LogP contribution in [0.1, 0.15) is 37.7 Å². The second-order valence-corrected chi connectivity index (χ2v) is 7.09. The van der Waals surface area contributed by atoms with Crippen LogP contribution in [0.15, 0.2) is 21.6 Å². The van der Waals surface area contributed by atoms with E-state index >= 15 is 0 Å². The minimum Gasteiger partial charge on any atom is -0.475 e. The van der Waals surface area contributed by atoms with Gasteiger partial charge < -0.3 is 9.52 Å². The maximum Gasteiger partial charge on any atom is 0.371 e. The third kappa shape index (κ3) is 3.89. The Hall–Kier alpha value is -1.30.